The molecular formula is C15H24ClNO. The Morgan fingerprint density at radius 3 is 2.56 bits per heavy atom. The van der Waals surface area contributed by atoms with Gasteiger partial charge in [-0.2, -0.15) is 0 Å². The summed E-state index contributed by atoms with van der Waals surface area (Å²) in [6, 6.07) is 6.49. The van der Waals surface area contributed by atoms with Crippen LogP contribution >= 0.6 is 11.6 Å². The highest BCUT2D eigenvalue weighted by molar-refractivity contribution is 6.18. The number of alkyl halides is 1. The fourth-order valence-corrected chi connectivity index (χ4v) is 2.26. The van der Waals surface area contributed by atoms with Gasteiger partial charge in [-0.1, -0.05) is 26.0 Å². The molecule has 0 aromatic heterocycles. The molecule has 0 radical (unpaired) electrons. The first kappa shape index (κ1) is 15.3. The largest absolute Gasteiger partial charge is 0.496 e. The van der Waals surface area contributed by atoms with Gasteiger partial charge in [0.1, 0.15) is 5.75 Å². The molecule has 0 heterocycles. The minimum absolute atomic E-state index is 0.487. The maximum absolute atomic E-state index is 5.73. The summed E-state index contributed by atoms with van der Waals surface area (Å²) in [5.74, 6) is 2.17. The zero-order valence-electron chi connectivity index (χ0n) is 11.9. The van der Waals surface area contributed by atoms with Crippen molar-refractivity contribution in [2.75, 3.05) is 33.1 Å². The van der Waals surface area contributed by atoms with Crippen LogP contribution in [0.5, 0.6) is 5.75 Å². The van der Waals surface area contributed by atoms with E-state index in [1.165, 1.54) is 11.1 Å². The maximum Gasteiger partial charge on any atom is 0.122 e. The quantitative estimate of drug-likeness (QED) is 0.702. The summed E-state index contributed by atoms with van der Waals surface area (Å²) in [5.41, 5.74) is 2.65. The molecule has 0 saturated carbocycles. The average Bonchev–Trinajstić information content (AvgIpc) is 2.36. The normalized spacial score (nSPS) is 11.3. The van der Waals surface area contributed by atoms with E-state index in [9.17, 15) is 0 Å². The smallest absolute Gasteiger partial charge is 0.122 e. The van der Waals surface area contributed by atoms with Crippen molar-refractivity contribution in [3.63, 3.8) is 0 Å². The molecule has 0 amide bonds. The molecule has 0 fully saturated rings. The van der Waals surface area contributed by atoms with Crippen LogP contribution in [0.2, 0.25) is 0 Å². The van der Waals surface area contributed by atoms with Crippen LogP contribution in [-0.4, -0.2) is 38.0 Å². The van der Waals surface area contributed by atoms with Crippen LogP contribution in [-0.2, 0) is 6.42 Å². The Hall–Kier alpha value is -0.730. The third-order valence-electron chi connectivity index (χ3n) is 3.16. The van der Waals surface area contributed by atoms with Crippen molar-refractivity contribution in [3.8, 4) is 5.75 Å². The van der Waals surface area contributed by atoms with Crippen molar-refractivity contribution in [1.82, 2.24) is 4.90 Å². The van der Waals surface area contributed by atoms with Gasteiger partial charge in [-0.15, -0.1) is 11.6 Å². The molecule has 3 heteroatoms. The first-order valence-corrected chi connectivity index (χ1v) is 7.03. The fraction of sp³-hybridized carbons (Fsp3) is 0.600. The summed E-state index contributed by atoms with van der Waals surface area (Å²) in [6.07, 6.45) is 1.05. The SMILES string of the molecule is COc1ccc(CCN(C)CCCl)cc1C(C)C. The minimum atomic E-state index is 0.487. The van der Waals surface area contributed by atoms with E-state index in [4.69, 9.17) is 16.3 Å². The lowest BCUT2D eigenvalue weighted by Gasteiger charge is -2.17. The highest BCUT2D eigenvalue weighted by atomic mass is 35.5. The third kappa shape index (κ3) is 4.51. The highest BCUT2D eigenvalue weighted by Crippen LogP contribution is 2.27. The van der Waals surface area contributed by atoms with Crippen molar-refractivity contribution in [2.45, 2.75) is 26.2 Å². The lowest BCUT2D eigenvalue weighted by atomic mass is 9.98. The molecule has 1 aromatic rings. The minimum Gasteiger partial charge on any atom is -0.496 e. The molecule has 0 bridgehead atoms. The summed E-state index contributed by atoms with van der Waals surface area (Å²) >= 11 is 5.73. The zero-order chi connectivity index (χ0) is 13.5. The van der Waals surface area contributed by atoms with Crippen LogP contribution in [0.4, 0.5) is 0 Å². The number of benzene rings is 1. The number of methoxy groups -OCH3 is 1. The number of hydrogen-bond donors (Lipinski definition) is 0. The lowest BCUT2D eigenvalue weighted by Crippen LogP contribution is -2.23. The van der Waals surface area contributed by atoms with E-state index >= 15 is 0 Å². The summed E-state index contributed by atoms with van der Waals surface area (Å²) in [4.78, 5) is 2.26. The standard InChI is InChI=1S/C15H24ClNO/c1-12(2)14-11-13(5-6-15(14)18-4)7-9-17(3)10-8-16/h5-6,11-12H,7-10H2,1-4H3. The van der Waals surface area contributed by atoms with Crippen LogP contribution in [0.25, 0.3) is 0 Å². The predicted octanol–water partition coefficient (Wildman–Crippen LogP) is 3.53. The summed E-state index contributed by atoms with van der Waals surface area (Å²) in [7, 11) is 3.84. The Kier molecular flexibility index (Phi) is 6.51. The summed E-state index contributed by atoms with van der Waals surface area (Å²) in [5, 5.41) is 0. The van der Waals surface area contributed by atoms with E-state index in [1.54, 1.807) is 7.11 Å². The Morgan fingerprint density at radius 2 is 2.00 bits per heavy atom. The Bertz CT molecular complexity index is 366. The Labute approximate surface area is 116 Å². The average molecular weight is 270 g/mol. The number of rotatable bonds is 7. The van der Waals surface area contributed by atoms with Gasteiger partial charge in [0, 0.05) is 19.0 Å². The first-order chi connectivity index (χ1) is 8.58. The predicted molar refractivity (Wildman–Crippen MR) is 79.0 cm³/mol. The van der Waals surface area contributed by atoms with Gasteiger partial charge in [0.25, 0.3) is 0 Å². The van der Waals surface area contributed by atoms with Crippen LogP contribution in [0.15, 0.2) is 18.2 Å². The summed E-state index contributed by atoms with van der Waals surface area (Å²) < 4.78 is 5.40. The molecular weight excluding hydrogens is 246 g/mol. The van der Waals surface area contributed by atoms with E-state index in [-0.39, 0.29) is 0 Å². The lowest BCUT2D eigenvalue weighted by molar-refractivity contribution is 0.359. The van der Waals surface area contributed by atoms with Crippen LogP contribution in [0.3, 0.4) is 0 Å². The second kappa shape index (κ2) is 7.65. The number of nitrogens with zero attached hydrogens (tertiary/aromatic N) is 1. The molecule has 0 N–H and O–H groups in total. The first-order valence-electron chi connectivity index (χ1n) is 6.49. The second-order valence-electron chi connectivity index (χ2n) is 4.97. The van der Waals surface area contributed by atoms with Crippen molar-refractivity contribution in [3.05, 3.63) is 29.3 Å². The molecule has 0 aliphatic carbocycles. The van der Waals surface area contributed by atoms with Crippen molar-refractivity contribution >= 4 is 11.6 Å². The Morgan fingerprint density at radius 1 is 1.28 bits per heavy atom. The molecule has 0 aliphatic heterocycles. The molecule has 1 rings (SSSR count). The monoisotopic (exact) mass is 269 g/mol. The number of hydrogen-bond acceptors (Lipinski definition) is 2. The van der Waals surface area contributed by atoms with E-state index in [0.29, 0.717) is 11.8 Å². The topological polar surface area (TPSA) is 12.5 Å². The molecule has 0 atom stereocenters. The molecule has 2 nitrogen and oxygen atoms in total. The van der Waals surface area contributed by atoms with Gasteiger partial charge in [-0.25, -0.2) is 0 Å². The zero-order valence-corrected chi connectivity index (χ0v) is 12.6. The van der Waals surface area contributed by atoms with Gasteiger partial charge >= 0.3 is 0 Å². The van der Waals surface area contributed by atoms with Gasteiger partial charge in [-0.3, -0.25) is 0 Å². The molecule has 102 valence electrons. The van der Waals surface area contributed by atoms with Gasteiger partial charge < -0.3 is 9.64 Å². The van der Waals surface area contributed by atoms with Gasteiger partial charge in [0.2, 0.25) is 0 Å². The molecule has 0 saturated heterocycles. The summed E-state index contributed by atoms with van der Waals surface area (Å²) in [6.45, 7) is 6.37. The Balaban J connectivity index is 2.70. The van der Waals surface area contributed by atoms with Crippen LogP contribution in [0.1, 0.15) is 30.9 Å². The van der Waals surface area contributed by atoms with E-state index in [2.05, 4.69) is 44.0 Å². The third-order valence-corrected chi connectivity index (χ3v) is 3.33. The van der Waals surface area contributed by atoms with E-state index < -0.39 is 0 Å². The van der Waals surface area contributed by atoms with E-state index in [0.717, 1.165) is 25.3 Å². The number of likely N-dealkylation sites (N-methyl/N-ethyl adjacent to an activating group) is 1. The molecule has 0 aliphatic rings. The van der Waals surface area contributed by atoms with E-state index in [1.807, 2.05) is 0 Å². The highest BCUT2D eigenvalue weighted by Gasteiger charge is 2.08. The molecule has 18 heavy (non-hydrogen) atoms. The number of ether oxygens (including phenoxy) is 1. The van der Waals surface area contributed by atoms with Gasteiger partial charge in [0.05, 0.1) is 7.11 Å². The van der Waals surface area contributed by atoms with Crippen molar-refractivity contribution in [1.29, 1.82) is 0 Å². The van der Waals surface area contributed by atoms with Crippen molar-refractivity contribution < 1.29 is 4.74 Å². The molecule has 0 spiro atoms. The van der Waals surface area contributed by atoms with Gasteiger partial charge in [-0.05, 0) is 36.6 Å². The maximum atomic E-state index is 5.73. The molecule has 0 unspecified atom stereocenters. The number of halogens is 1. The van der Waals surface area contributed by atoms with Crippen LogP contribution < -0.4 is 4.74 Å². The van der Waals surface area contributed by atoms with Gasteiger partial charge in [0.15, 0.2) is 0 Å². The van der Waals surface area contributed by atoms with Crippen LogP contribution in [0, 0.1) is 0 Å². The fourth-order valence-electron chi connectivity index (χ4n) is 1.97. The second-order valence-corrected chi connectivity index (χ2v) is 5.35. The van der Waals surface area contributed by atoms with Crippen molar-refractivity contribution in [2.24, 2.45) is 0 Å². The molecule has 1 aromatic carbocycles.